The van der Waals surface area contributed by atoms with Crippen LogP contribution in [-0.2, 0) is 4.79 Å². The Morgan fingerprint density at radius 1 is 1.30 bits per heavy atom. The number of anilines is 2. The van der Waals surface area contributed by atoms with Crippen LogP contribution in [-0.4, -0.2) is 44.1 Å². The summed E-state index contributed by atoms with van der Waals surface area (Å²) in [4.78, 5) is 20.2. The fraction of sp³-hybridized carbons (Fsp3) is 0.412. The van der Waals surface area contributed by atoms with Crippen LogP contribution >= 0.6 is 11.3 Å². The number of carbonyl (C=O) groups excluding carboxylic acids is 1. The van der Waals surface area contributed by atoms with Gasteiger partial charge in [-0.15, -0.1) is 11.3 Å². The number of likely N-dealkylation sites (N-methyl/N-ethyl adjacent to an activating group) is 1. The summed E-state index contributed by atoms with van der Waals surface area (Å²) in [7, 11) is 2.24. The molecule has 0 spiro atoms. The highest BCUT2D eigenvalue weighted by Crippen LogP contribution is 2.28. The average Bonchev–Trinajstić information content (AvgIpc) is 3.06. The average molecular weight is 331 g/mol. The van der Waals surface area contributed by atoms with E-state index < -0.39 is 0 Å². The second-order valence-corrected chi connectivity index (χ2v) is 6.78. The van der Waals surface area contributed by atoms with Crippen LogP contribution in [0.1, 0.15) is 13.3 Å². The van der Waals surface area contributed by atoms with Crippen molar-refractivity contribution in [1.29, 1.82) is 0 Å². The monoisotopic (exact) mass is 331 g/mol. The minimum Gasteiger partial charge on any atom is -0.337 e. The molecule has 122 valence electrons. The lowest BCUT2D eigenvalue weighted by Crippen LogP contribution is -3.12. The molecule has 0 unspecified atom stereocenters. The van der Waals surface area contributed by atoms with Crippen molar-refractivity contribution >= 4 is 28.1 Å². The molecule has 0 saturated carbocycles. The second kappa shape index (κ2) is 7.10. The van der Waals surface area contributed by atoms with Gasteiger partial charge < -0.3 is 15.1 Å². The summed E-state index contributed by atoms with van der Waals surface area (Å²) in [5, 5.41) is 6.08. The fourth-order valence-corrected chi connectivity index (χ4v) is 3.48. The van der Waals surface area contributed by atoms with E-state index in [4.69, 9.17) is 4.98 Å². The first-order valence-corrected chi connectivity index (χ1v) is 8.95. The number of piperazine rings is 1. The zero-order valence-corrected chi connectivity index (χ0v) is 14.4. The molecule has 1 aliphatic rings. The van der Waals surface area contributed by atoms with Gasteiger partial charge in [0.05, 0.1) is 38.9 Å². The summed E-state index contributed by atoms with van der Waals surface area (Å²) in [5.74, 6) is 0.0332. The molecule has 0 bridgehead atoms. The molecule has 6 heteroatoms. The quantitative estimate of drug-likeness (QED) is 0.892. The van der Waals surface area contributed by atoms with E-state index in [9.17, 15) is 4.79 Å². The molecule has 0 atom stereocenters. The van der Waals surface area contributed by atoms with Crippen molar-refractivity contribution in [2.45, 2.75) is 13.3 Å². The van der Waals surface area contributed by atoms with Crippen LogP contribution in [0.15, 0.2) is 29.6 Å². The van der Waals surface area contributed by atoms with Gasteiger partial charge in [0.15, 0.2) is 5.13 Å². The van der Waals surface area contributed by atoms with Crippen molar-refractivity contribution < 1.29 is 9.69 Å². The molecule has 1 aromatic carbocycles. The lowest BCUT2D eigenvalue weighted by atomic mass is 10.1. The van der Waals surface area contributed by atoms with E-state index in [-0.39, 0.29) is 5.91 Å². The molecule has 5 nitrogen and oxygen atoms in total. The minimum absolute atomic E-state index is 0.0332. The molecule has 1 amide bonds. The Hall–Kier alpha value is -1.92. The summed E-state index contributed by atoms with van der Waals surface area (Å²) < 4.78 is 0. The first-order valence-electron chi connectivity index (χ1n) is 8.08. The number of nitrogens with one attached hydrogen (secondary N) is 2. The molecule has 2 heterocycles. The Bertz CT molecular complexity index is 659. The van der Waals surface area contributed by atoms with Crippen molar-refractivity contribution in [3.05, 3.63) is 29.6 Å². The zero-order valence-electron chi connectivity index (χ0n) is 13.6. The number of carbonyl (C=O) groups is 1. The van der Waals surface area contributed by atoms with Crippen LogP contribution < -0.4 is 15.1 Å². The Morgan fingerprint density at radius 3 is 2.65 bits per heavy atom. The van der Waals surface area contributed by atoms with Gasteiger partial charge in [0.1, 0.15) is 0 Å². The maximum atomic E-state index is 11.4. The predicted molar refractivity (Wildman–Crippen MR) is 95.3 cm³/mol. The number of amides is 1. The highest BCUT2D eigenvalue weighted by atomic mass is 32.1. The lowest BCUT2D eigenvalue weighted by Gasteiger charge is -2.29. The normalized spacial score (nSPS) is 15.7. The van der Waals surface area contributed by atoms with Crippen LogP contribution in [0.25, 0.3) is 11.3 Å². The highest BCUT2D eigenvalue weighted by molar-refractivity contribution is 7.14. The van der Waals surface area contributed by atoms with Gasteiger partial charge in [0, 0.05) is 23.1 Å². The van der Waals surface area contributed by atoms with Crippen LogP contribution in [0.2, 0.25) is 0 Å². The lowest BCUT2D eigenvalue weighted by molar-refractivity contribution is -0.880. The van der Waals surface area contributed by atoms with E-state index in [2.05, 4.69) is 22.6 Å². The van der Waals surface area contributed by atoms with Crippen molar-refractivity contribution in [2.75, 3.05) is 43.4 Å². The van der Waals surface area contributed by atoms with E-state index >= 15 is 0 Å². The van der Waals surface area contributed by atoms with E-state index in [1.807, 2.05) is 31.2 Å². The van der Waals surface area contributed by atoms with Gasteiger partial charge in [-0.25, -0.2) is 4.98 Å². The van der Waals surface area contributed by atoms with Gasteiger partial charge in [-0.05, 0) is 12.1 Å². The van der Waals surface area contributed by atoms with Gasteiger partial charge in [-0.2, -0.15) is 0 Å². The summed E-state index contributed by atoms with van der Waals surface area (Å²) in [5.41, 5.74) is 2.92. The Kier molecular flexibility index (Phi) is 4.93. The van der Waals surface area contributed by atoms with Crippen molar-refractivity contribution in [3.63, 3.8) is 0 Å². The molecule has 2 aromatic rings. The molecule has 1 saturated heterocycles. The number of quaternary nitrogens is 1. The summed E-state index contributed by atoms with van der Waals surface area (Å²) in [6.45, 7) is 6.32. The second-order valence-electron chi connectivity index (χ2n) is 5.94. The van der Waals surface area contributed by atoms with Crippen molar-refractivity contribution in [3.8, 4) is 11.3 Å². The van der Waals surface area contributed by atoms with Gasteiger partial charge in [0.2, 0.25) is 5.91 Å². The molecule has 3 rings (SSSR count). The van der Waals surface area contributed by atoms with E-state index in [1.54, 1.807) is 16.2 Å². The van der Waals surface area contributed by atoms with E-state index in [0.717, 1.165) is 35.2 Å². The molecule has 0 radical (unpaired) electrons. The van der Waals surface area contributed by atoms with Gasteiger partial charge >= 0.3 is 0 Å². The van der Waals surface area contributed by atoms with E-state index in [1.165, 1.54) is 13.1 Å². The Morgan fingerprint density at radius 2 is 2.00 bits per heavy atom. The van der Waals surface area contributed by atoms with Crippen LogP contribution in [0.4, 0.5) is 10.8 Å². The largest absolute Gasteiger partial charge is 0.337 e. The summed E-state index contributed by atoms with van der Waals surface area (Å²) >= 11 is 1.71. The summed E-state index contributed by atoms with van der Waals surface area (Å²) in [6.07, 6.45) is 0.490. The Labute approximate surface area is 140 Å². The number of rotatable bonds is 4. The van der Waals surface area contributed by atoms with E-state index in [0.29, 0.717) is 6.42 Å². The fourth-order valence-electron chi connectivity index (χ4n) is 2.60. The maximum Gasteiger partial charge on any atom is 0.224 e. The minimum atomic E-state index is 0.0332. The molecule has 1 aromatic heterocycles. The first-order chi connectivity index (χ1) is 11.2. The van der Waals surface area contributed by atoms with Crippen molar-refractivity contribution in [2.24, 2.45) is 0 Å². The number of hydrogen-bond acceptors (Lipinski definition) is 4. The molecular weight excluding hydrogens is 308 g/mol. The van der Waals surface area contributed by atoms with Crippen LogP contribution in [0, 0.1) is 0 Å². The smallest absolute Gasteiger partial charge is 0.224 e. The van der Waals surface area contributed by atoms with Crippen LogP contribution in [0.3, 0.4) is 0 Å². The molecule has 0 aliphatic carbocycles. The molecule has 1 aliphatic heterocycles. The molecule has 1 fully saturated rings. The highest BCUT2D eigenvalue weighted by Gasteiger charge is 2.19. The van der Waals surface area contributed by atoms with Crippen molar-refractivity contribution in [1.82, 2.24) is 4.98 Å². The predicted octanol–water partition coefficient (Wildman–Crippen LogP) is 1.49. The maximum absolute atomic E-state index is 11.4. The van der Waals surface area contributed by atoms with Crippen LogP contribution in [0.5, 0.6) is 0 Å². The number of nitrogens with zero attached hydrogens (tertiary/aromatic N) is 2. The first kappa shape index (κ1) is 16.0. The third-order valence-electron chi connectivity index (χ3n) is 4.17. The number of aromatic nitrogens is 1. The Balaban J connectivity index is 1.69. The number of thiazole rings is 1. The van der Waals surface area contributed by atoms with Gasteiger partial charge in [0.25, 0.3) is 0 Å². The molecular formula is C17H23N4OS+. The summed E-state index contributed by atoms with van der Waals surface area (Å²) in [6, 6.07) is 7.89. The SMILES string of the molecule is CCC(=O)Nc1ccc(-c2csc(N3CC[NH+](C)CC3)n2)cc1. The zero-order chi connectivity index (χ0) is 16.2. The van der Waals surface area contributed by atoms with Gasteiger partial charge in [-0.3, -0.25) is 4.79 Å². The number of benzene rings is 1. The number of hydrogen-bond donors (Lipinski definition) is 2. The molecule has 23 heavy (non-hydrogen) atoms. The standard InChI is InChI=1S/C17H22N4OS/c1-3-16(22)18-14-6-4-13(5-7-14)15-12-23-17(19-15)21-10-8-20(2)9-11-21/h4-7,12H,3,8-11H2,1-2H3,(H,18,22)/p+1. The third-order valence-corrected chi connectivity index (χ3v) is 5.07. The third kappa shape index (κ3) is 3.89. The van der Waals surface area contributed by atoms with Gasteiger partial charge in [-0.1, -0.05) is 19.1 Å². The topological polar surface area (TPSA) is 49.7 Å². The molecule has 2 N–H and O–H groups in total.